The summed E-state index contributed by atoms with van der Waals surface area (Å²) in [5, 5.41) is 15.9. The minimum absolute atomic E-state index is 0.0126. The third kappa shape index (κ3) is 4.82. The summed E-state index contributed by atoms with van der Waals surface area (Å²) in [6, 6.07) is 11.1. The number of amides is 2. The summed E-state index contributed by atoms with van der Waals surface area (Å²) in [6.45, 7) is 1.42. The van der Waals surface area contributed by atoms with Crippen LogP contribution < -0.4 is 10.6 Å². The average molecular weight is 366 g/mol. The molecule has 8 nitrogen and oxygen atoms in total. The Hall–Kier alpha value is -3.88. The molecule has 0 saturated carbocycles. The fourth-order valence-electron chi connectivity index (χ4n) is 2.26. The van der Waals surface area contributed by atoms with Crippen molar-refractivity contribution in [3.05, 3.63) is 66.2 Å². The van der Waals surface area contributed by atoms with E-state index >= 15 is 0 Å². The number of tetrazole rings is 1. The third-order valence-electron chi connectivity index (χ3n) is 3.48. The standard InChI is InChI=1S/C18H15FN6O2/c1-12(26)21-14-5-2-13(3-6-14)4-9-18(27)22-17-10-15(7-8-16(17)19)25-11-20-23-24-25/h2-11H,1H3,(H,21,26)(H,22,27). The topological polar surface area (TPSA) is 102 Å². The van der Waals surface area contributed by atoms with Crippen LogP contribution in [0.15, 0.2) is 54.9 Å². The molecule has 9 heteroatoms. The first-order valence-electron chi connectivity index (χ1n) is 7.91. The molecule has 0 unspecified atom stereocenters. The fourth-order valence-corrected chi connectivity index (χ4v) is 2.26. The number of carbonyl (C=O) groups excluding carboxylic acids is 2. The van der Waals surface area contributed by atoms with Gasteiger partial charge in [0.05, 0.1) is 11.4 Å². The van der Waals surface area contributed by atoms with Crippen LogP contribution in [0.5, 0.6) is 0 Å². The van der Waals surface area contributed by atoms with Gasteiger partial charge in [-0.3, -0.25) is 9.59 Å². The molecule has 27 heavy (non-hydrogen) atoms. The smallest absolute Gasteiger partial charge is 0.248 e. The van der Waals surface area contributed by atoms with Gasteiger partial charge in [-0.2, -0.15) is 0 Å². The predicted octanol–water partition coefficient (Wildman–Crippen LogP) is 2.41. The monoisotopic (exact) mass is 366 g/mol. The minimum Gasteiger partial charge on any atom is -0.326 e. The van der Waals surface area contributed by atoms with Crippen LogP contribution in [0.25, 0.3) is 11.8 Å². The second-order valence-corrected chi connectivity index (χ2v) is 5.54. The van der Waals surface area contributed by atoms with Gasteiger partial charge in [0.2, 0.25) is 11.8 Å². The molecule has 2 aromatic carbocycles. The Balaban J connectivity index is 1.67. The second-order valence-electron chi connectivity index (χ2n) is 5.54. The van der Waals surface area contributed by atoms with Crippen molar-refractivity contribution >= 4 is 29.3 Å². The highest BCUT2D eigenvalue weighted by atomic mass is 19.1. The molecule has 0 bridgehead atoms. The van der Waals surface area contributed by atoms with E-state index in [1.807, 2.05) is 0 Å². The number of rotatable bonds is 5. The molecular weight excluding hydrogens is 351 g/mol. The molecule has 3 rings (SSSR count). The summed E-state index contributed by atoms with van der Waals surface area (Å²) in [5.41, 5.74) is 1.93. The Morgan fingerprint density at radius 2 is 1.89 bits per heavy atom. The Morgan fingerprint density at radius 1 is 1.11 bits per heavy atom. The summed E-state index contributed by atoms with van der Waals surface area (Å²) < 4.78 is 15.3. The van der Waals surface area contributed by atoms with Gasteiger partial charge in [0.1, 0.15) is 12.1 Å². The maximum absolute atomic E-state index is 13.9. The van der Waals surface area contributed by atoms with Crippen molar-refractivity contribution in [2.24, 2.45) is 0 Å². The molecule has 2 N–H and O–H groups in total. The van der Waals surface area contributed by atoms with Gasteiger partial charge in [-0.1, -0.05) is 12.1 Å². The van der Waals surface area contributed by atoms with Crippen LogP contribution in [-0.4, -0.2) is 32.0 Å². The number of aromatic nitrogens is 4. The van der Waals surface area contributed by atoms with Gasteiger partial charge >= 0.3 is 0 Å². The highest BCUT2D eigenvalue weighted by Crippen LogP contribution is 2.18. The summed E-state index contributed by atoms with van der Waals surface area (Å²) in [7, 11) is 0. The SMILES string of the molecule is CC(=O)Nc1ccc(C=CC(=O)Nc2cc(-n3cnnn3)ccc2F)cc1. The lowest BCUT2D eigenvalue weighted by Gasteiger charge is -2.06. The lowest BCUT2D eigenvalue weighted by Crippen LogP contribution is -2.10. The van der Waals surface area contributed by atoms with Crippen LogP contribution in [0.3, 0.4) is 0 Å². The molecule has 0 radical (unpaired) electrons. The lowest BCUT2D eigenvalue weighted by atomic mass is 10.2. The Kier molecular flexibility index (Phi) is 5.31. The summed E-state index contributed by atoms with van der Waals surface area (Å²) in [6.07, 6.45) is 4.23. The first kappa shape index (κ1) is 17.9. The summed E-state index contributed by atoms with van der Waals surface area (Å²) >= 11 is 0. The van der Waals surface area contributed by atoms with Gasteiger partial charge in [-0.25, -0.2) is 9.07 Å². The molecule has 0 fully saturated rings. The largest absolute Gasteiger partial charge is 0.326 e. The van der Waals surface area contributed by atoms with E-state index < -0.39 is 11.7 Å². The quantitative estimate of drug-likeness (QED) is 0.675. The molecule has 0 aliphatic carbocycles. The highest BCUT2D eigenvalue weighted by Gasteiger charge is 2.08. The Bertz CT molecular complexity index is 984. The number of hydrogen-bond acceptors (Lipinski definition) is 5. The van der Waals surface area contributed by atoms with Gasteiger partial charge in [0, 0.05) is 18.7 Å². The maximum Gasteiger partial charge on any atom is 0.248 e. The number of nitrogens with zero attached hydrogens (tertiary/aromatic N) is 4. The zero-order valence-electron chi connectivity index (χ0n) is 14.3. The van der Waals surface area contributed by atoms with Gasteiger partial charge in [-0.15, -0.1) is 5.10 Å². The minimum atomic E-state index is -0.576. The fraction of sp³-hybridized carbons (Fsp3) is 0.0556. The van der Waals surface area contributed by atoms with Crippen LogP contribution >= 0.6 is 0 Å². The number of nitrogens with one attached hydrogen (secondary N) is 2. The van der Waals surface area contributed by atoms with Crippen molar-refractivity contribution in [1.82, 2.24) is 20.2 Å². The zero-order valence-corrected chi connectivity index (χ0v) is 14.3. The normalized spacial score (nSPS) is 10.7. The highest BCUT2D eigenvalue weighted by molar-refractivity contribution is 6.02. The van der Waals surface area contributed by atoms with Gasteiger partial charge in [0.25, 0.3) is 0 Å². The first-order chi connectivity index (χ1) is 13.0. The molecule has 0 aliphatic heterocycles. The molecule has 136 valence electrons. The maximum atomic E-state index is 13.9. The van der Waals surface area contributed by atoms with E-state index in [-0.39, 0.29) is 11.6 Å². The van der Waals surface area contributed by atoms with Crippen LogP contribution in [0, 0.1) is 5.82 Å². The van der Waals surface area contributed by atoms with Crippen LogP contribution in [0.4, 0.5) is 15.8 Å². The molecular formula is C18H15FN6O2. The van der Waals surface area contributed by atoms with Crippen molar-refractivity contribution < 1.29 is 14.0 Å². The van der Waals surface area contributed by atoms with Crippen LogP contribution in [-0.2, 0) is 9.59 Å². The molecule has 0 saturated heterocycles. The molecule has 3 aromatic rings. The average Bonchev–Trinajstić information content (AvgIpc) is 3.17. The lowest BCUT2D eigenvalue weighted by molar-refractivity contribution is -0.114. The summed E-state index contributed by atoms with van der Waals surface area (Å²) in [4.78, 5) is 23.1. The van der Waals surface area contributed by atoms with Gasteiger partial charge in [-0.05, 0) is 52.4 Å². The van der Waals surface area contributed by atoms with Crippen molar-refractivity contribution in [3.8, 4) is 5.69 Å². The second kappa shape index (κ2) is 8.00. The van der Waals surface area contributed by atoms with E-state index in [2.05, 4.69) is 26.2 Å². The van der Waals surface area contributed by atoms with Crippen molar-refractivity contribution in [3.63, 3.8) is 0 Å². The number of hydrogen-bond donors (Lipinski definition) is 2. The molecule has 0 aliphatic rings. The number of anilines is 2. The first-order valence-corrected chi connectivity index (χ1v) is 7.91. The zero-order chi connectivity index (χ0) is 19.2. The summed E-state index contributed by atoms with van der Waals surface area (Å²) in [5.74, 6) is -1.23. The van der Waals surface area contributed by atoms with E-state index in [1.54, 1.807) is 30.3 Å². The number of carbonyl (C=O) groups is 2. The van der Waals surface area contributed by atoms with E-state index in [4.69, 9.17) is 0 Å². The van der Waals surface area contributed by atoms with E-state index in [9.17, 15) is 14.0 Å². The molecule has 1 aromatic heterocycles. The van der Waals surface area contributed by atoms with E-state index in [0.717, 1.165) is 5.56 Å². The Labute approximate surface area is 153 Å². The van der Waals surface area contributed by atoms with E-state index in [1.165, 1.54) is 42.2 Å². The molecule has 2 amide bonds. The molecule has 1 heterocycles. The predicted molar refractivity (Wildman–Crippen MR) is 97.5 cm³/mol. The van der Waals surface area contributed by atoms with E-state index in [0.29, 0.717) is 11.4 Å². The number of halogens is 1. The van der Waals surface area contributed by atoms with Crippen LogP contribution in [0.1, 0.15) is 12.5 Å². The Morgan fingerprint density at radius 3 is 2.56 bits per heavy atom. The third-order valence-corrected chi connectivity index (χ3v) is 3.48. The van der Waals surface area contributed by atoms with Crippen molar-refractivity contribution in [2.45, 2.75) is 6.92 Å². The molecule has 0 atom stereocenters. The molecule has 0 spiro atoms. The van der Waals surface area contributed by atoms with Crippen LogP contribution in [0.2, 0.25) is 0 Å². The van der Waals surface area contributed by atoms with Gasteiger partial charge < -0.3 is 10.6 Å². The number of benzene rings is 2. The van der Waals surface area contributed by atoms with Crippen molar-refractivity contribution in [1.29, 1.82) is 0 Å². The van der Waals surface area contributed by atoms with Gasteiger partial charge in [0.15, 0.2) is 0 Å². The van der Waals surface area contributed by atoms with Crippen molar-refractivity contribution in [2.75, 3.05) is 10.6 Å².